The van der Waals surface area contributed by atoms with Crippen LogP contribution < -0.4 is 4.74 Å². The van der Waals surface area contributed by atoms with Crippen molar-refractivity contribution in [1.29, 1.82) is 0 Å². The molecule has 0 unspecified atom stereocenters. The minimum Gasteiger partial charge on any atom is -0.497 e. The van der Waals surface area contributed by atoms with E-state index in [9.17, 15) is 9.90 Å². The number of epoxide rings is 1. The van der Waals surface area contributed by atoms with Crippen molar-refractivity contribution in [2.24, 2.45) is 22.7 Å². The summed E-state index contributed by atoms with van der Waals surface area (Å²) in [5.74, 6) is 1.27. The van der Waals surface area contributed by atoms with Crippen LogP contribution in [0.5, 0.6) is 5.75 Å². The van der Waals surface area contributed by atoms with E-state index in [1.165, 1.54) is 17.5 Å². The maximum Gasteiger partial charge on any atom is 0.303 e. The molecule has 0 bridgehead atoms. The van der Waals surface area contributed by atoms with Crippen LogP contribution in [0.25, 0.3) is 0 Å². The van der Waals surface area contributed by atoms with E-state index in [-0.39, 0.29) is 22.0 Å². The van der Waals surface area contributed by atoms with Gasteiger partial charge in [-0.2, -0.15) is 0 Å². The van der Waals surface area contributed by atoms with Gasteiger partial charge in [0.2, 0.25) is 0 Å². The molecule has 6 atom stereocenters. The Morgan fingerprint density at radius 2 is 2.19 bits per heavy atom. The van der Waals surface area contributed by atoms with Crippen LogP contribution in [0.15, 0.2) is 18.2 Å². The van der Waals surface area contributed by atoms with Crippen molar-refractivity contribution in [2.75, 3.05) is 7.11 Å². The molecule has 0 amide bonds. The minimum atomic E-state index is -0.639. The zero-order valence-electron chi connectivity index (χ0n) is 15.5. The van der Waals surface area contributed by atoms with Gasteiger partial charge in [-0.05, 0) is 79.0 Å². The topological polar surface area (TPSA) is 59.1 Å². The van der Waals surface area contributed by atoms with Gasteiger partial charge < -0.3 is 14.6 Å². The summed E-state index contributed by atoms with van der Waals surface area (Å²) in [7, 11) is 1.72. The molecule has 1 spiro atoms. The number of rotatable bonds is 3. The van der Waals surface area contributed by atoms with Gasteiger partial charge in [-0.25, -0.2) is 0 Å². The fourth-order valence-electron chi connectivity index (χ4n) is 8.09. The molecule has 4 fully saturated rings. The predicted octanol–water partition coefficient (Wildman–Crippen LogP) is 3.91. The van der Waals surface area contributed by atoms with Gasteiger partial charge in [0, 0.05) is 11.8 Å². The highest BCUT2D eigenvalue weighted by molar-refractivity contribution is 5.67. The van der Waals surface area contributed by atoms with Crippen LogP contribution in [0.3, 0.4) is 0 Å². The molecule has 1 aromatic carbocycles. The number of carboxylic acid groups (broad SMARTS) is 1. The Labute approximate surface area is 153 Å². The van der Waals surface area contributed by atoms with Gasteiger partial charge in [0.05, 0.1) is 7.11 Å². The fraction of sp³-hybridized carbons (Fsp3) is 0.682. The van der Waals surface area contributed by atoms with Crippen LogP contribution in [0.4, 0.5) is 0 Å². The Kier molecular flexibility index (Phi) is 2.56. The molecule has 5 aliphatic rings. The zero-order chi connectivity index (χ0) is 17.9. The lowest BCUT2D eigenvalue weighted by atomic mass is 9.50. The number of carboxylic acids is 1. The second kappa shape index (κ2) is 4.30. The SMILES string of the molecule is COc1ccc2c(c1)CC[C@@]13O[C@@]21CC[C@]1(C)[C@H](CC(=O)O)C[C@@H]2C[C@]231. The summed E-state index contributed by atoms with van der Waals surface area (Å²) in [6.07, 6.45) is 6.90. The Hall–Kier alpha value is -1.55. The molecule has 1 heterocycles. The Balaban J connectivity index is 1.44. The lowest BCUT2D eigenvalue weighted by Gasteiger charge is -2.50. The molecule has 1 saturated heterocycles. The molecular weight excluding hydrogens is 328 g/mol. The third-order valence-corrected chi connectivity index (χ3v) is 9.19. The van der Waals surface area contributed by atoms with E-state index in [0.29, 0.717) is 18.3 Å². The van der Waals surface area contributed by atoms with Crippen LogP contribution in [-0.4, -0.2) is 23.8 Å². The Bertz CT molecular complexity index is 849. The van der Waals surface area contributed by atoms with Gasteiger partial charge in [-0.3, -0.25) is 4.79 Å². The molecule has 4 nitrogen and oxygen atoms in total. The molecule has 0 aromatic heterocycles. The number of fused-ring (bicyclic) bond motifs is 1. The van der Waals surface area contributed by atoms with E-state index in [2.05, 4.69) is 25.1 Å². The normalized spacial score (nSPS) is 49.2. The van der Waals surface area contributed by atoms with Crippen molar-refractivity contribution in [2.45, 2.75) is 63.1 Å². The third kappa shape index (κ3) is 1.38. The van der Waals surface area contributed by atoms with Crippen LogP contribution in [0.2, 0.25) is 0 Å². The molecule has 0 radical (unpaired) electrons. The highest BCUT2D eigenvalue weighted by Crippen LogP contribution is 2.91. The van der Waals surface area contributed by atoms with Gasteiger partial charge in [0.15, 0.2) is 0 Å². The summed E-state index contributed by atoms with van der Waals surface area (Å²) in [5.41, 5.74) is 2.96. The number of aryl methyl sites for hydroxylation is 1. The molecule has 138 valence electrons. The van der Waals surface area contributed by atoms with Crippen LogP contribution in [0, 0.1) is 22.7 Å². The van der Waals surface area contributed by atoms with E-state index < -0.39 is 5.97 Å². The molecule has 26 heavy (non-hydrogen) atoms. The third-order valence-electron chi connectivity index (χ3n) is 9.19. The van der Waals surface area contributed by atoms with Crippen molar-refractivity contribution in [1.82, 2.24) is 0 Å². The van der Waals surface area contributed by atoms with E-state index in [4.69, 9.17) is 9.47 Å². The zero-order valence-corrected chi connectivity index (χ0v) is 15.5. The molecular formula is C22H26O4. The summed E-state index contributed by atoms with van der Waals surface area (Å²) >= 11 is 0. The lowest BCUT2D eigenvalue weighted by Crippen LogP contribution is -2.52. The summed E-state index contributed by atoms with van der Waals surface area (Å²) in [5, 5.41) is 9.42. The highest BCUT2D eigenvalue weighted by atomic mass is 16.6. The van der Waals surface area contributed by atoms with Gasteiger partial charge >= 0.3 is 5.97 Å². The van der Waals surface area contributed by atoms with Gasteiger partial charge in [-0.15, -0.1) is 0 Å². The Morgan fingerprint density at radius 1 is 1.35 bits per heavy atom. The number of ether oxygens (including phenoxy) is 2. The first kappa shape index (κ1) is 15.5. The quantitative estimate of drug-likeness (QED) is 0.836. The molecule has 1 N–H and O–H groups in total. The summed E-state index contributed by atoms with van der Waals surface area (Å²) in [6, 6.07) is 6.49. The number of methoxy groups -OCH3 is 1. The van der Waals surface area contributed by atoms with Gasteiger partial charge in [0.25, 0.3) is 0 Å². The summed E-state index contributed by atoms with van der Waals surface area (Å²) in [6.45, 7) is 2.39. The fourth-order valence-corrected chi connectivity index (χ4v) is 8.09. The smallest absolute Gasteiger partial charge is 0.303 e. The molecule has 4 heteroatoms. The van der Waals surface area contributed by atoms with E-state index in [1.807, 2.05) is 0 Å². The maximum absolute atomic E-state index is 11.4. The van der Waals surface area contributed by atoms with Crippen molar-refractivity contribution in [3.63, 3.8) is 0 Å². The maximum atomic E-state index is 11.4. The highest BCUT2D eigenvalue weighted by Gasteiger charge is 2.93. The predicted molar refractivity (Wildman–Crippen MR) is 95.0 cm³/mol. The van der Waals surface area contributed by atoms with Crippen molar-refractivity contribution >= 4 is 5.97 Å². The van der Waals surface area contributed by atoms with Gasteiger partial charge in [0.1, 0.15) is 17.0 Å². The molecule has 6 rings (SSSR count). The summed E-state index contributed by atoms with van der Waals surface area (Å²) < 4.78 is 12.2. The second-order valence-corrected chi connectivity index (χ2v) is 9.60. The van der Waals surface area contributed by atoms with Crippen LogP contribution in [-0.2, 0) is 21.6 Å². The van der Waals surface area contributed by atoms with E-state index in [0.717, 1.165) is 37.9 Å². The van der Waals surface area contributed by atoms with Crippen LogP contribution in [0.1, 0.15) is 56.6 Å². The Morgan fingerprint density at radius 3 is 2.96 bits per heavy atom. The average Bonchev–Trinajstić information content (AvgIpc) is 3.49. The van der Waals surface area contributed by atoms with E-state index in [1.54, 1.807) is 7.11 Å². The first-order chi connectivity index (χ1) is 12.4. The van der Waals surface area contributed by atoms with E-state index >= 15 is 0 Å². The number of hydrogen-bond acceptors (Lipinski definition) is 3. The molecule has 1 aliphatic heterocycles. The number of carbonyl (C=O) groups is 1. The van der Waals surface area contributed by atoms with Crippen molar-refractivity contribution < 1.29 is 19.4 Å². The monoisotopic (exact) mass is 354 g/mol. The van der Waals surface area contributed by atoms with Crippen molar-refractivity contribution in [3.8, 4) is 5.75 Å². The minimum absolute atomic E-state index is 0.0352. The van der Waals surface area contributed by atoms with Crippen LogP contribution >= 0.6 is 0 Å². The molecule has 4 aliphatic carbocycles. The largest absolute Gasteiger partial charge is 0.497 e. The van der Waals surface area contributed by atoms with Gasteiger partial charge in [-0.1, -0.05) is 13.0 Å². The number of hydrogen-bond donors (Lipinski definition) is 1. The lowest BCUT2D eigenvalue weighted by molar-refractivity contribution is -0.140. The average molecular weight is 354 g/mol. The van der Waals surface area contributed by atoms with Crippen molar-refractivity contribution in [3.05, 3.63) is 29.3 Å². The molecule has 1 aromatic rings. The standard InChI is InChI=1S/C22H26O4/c1-19-7-8-21-17-4-3-16(25-2)9-13(17)5-6-22(21,26-21)20(19)12-15(20)10-14(19)11-18(23)24/h3-4,9,14-15H,5-8,10-12H2,1-2H3,(H,23,24)/t14-,15+,19+,20+,21-,22-/m0/s1. The first-order valence-corrected chi connectivity index (χ1v) is 10.0. The first-order valence-electron chi connectivity index (χ1n) is 10.0. The second-order valence-electron chi connectivity index (χ2n) is 9.60. The number of aliphatic carboxylic acids is 1. The summed E-state index contributed by atoms with van der Waals surface area (Å²) in [4.78, 5) is 11.4. The molecule has 3 saturated carbocycles. The number of benzene rings is 1.